The van der Waals surface area contributed by atoms with Crippen molar-refractivity contribution in [1.29, 1.82) is 0 Å². The minimum absolute atomic E-state index is 0. The maximum absolute atomic E-state index is 10.2. The van der Waals surface area contributed by atoms with Crippen LogP contribution in [0.15, 0.2) is 0 Å². The third kappa shape index (κ3) is 46.7. The second kappa shape index (κ2) is 40.1. The van der Waals surface area contributed by atoms with Crippen molar-refractivity contribution in [3.63, 3.8) is 0 Å². The van der Waals surface area contributed by atoms with Crippen molar-refractivity contribution in [3.05, 3.63) is 0 Å². The minimum Gasteiger partial charge on any atom is -0.550 e. The van der Waals surface area contributed by atoms with E-state index >= 15 is 0 Å². The molecular formula is C36H70CaO6. The zero-order chi connectivity index (χ0) is 31.5. The van der Waals surface area contributed by atoms with Crippen LogP contribution in [0.1, 0.15) is 206 Å². The molecule has 0 aliphatic carbocycles. The smallest absolute Gasteiger partial charge is 0.550 e. The van der Waals surface area contributed by atoms with Gasteiger partial charge in [-0.3, -0.25) is 0 Å². The summed E-state index contributed by atoms with van der Waals surface area (Å²) in [5.74, 6) is -1.97. The Kier molecular flexibility index (Phi) is 44.4. The van der Waals surface area contributed by atoms with Gasteiger partial charge in [0.15, 0.2) is 0 Å². The zero-order valence-electron chi connectivity index (χ0n) is 28.6. The van der Waals surface area contributed by atoms with Crippen LogP contribution < -0.4 is 10.2 Å². The fraction of sp³-hybridized carbons (Fsp3) is 0.944. The van der Waals surface area contributed by atoms with E-state index in [1.54, 1.807) is 0 Å². The second-order valence-electron chi connectivity index (χ2n) is 12.5. The summed E-state index contributed by atoms with van der Waals surface area (Å²) in [6.45, 7) is 4.50. The molecule has 0 amide bonds. The van der Waals surface area contributed by atoms with Gasteiger partial charge >= 0.3 is 37.7 Å². The molecular weight excluding hydrogens is 568 g/mol. The van der Waals surface area contributed by atoms with Crippen LogP contribution in [0, 0.1) is 0 Å². The second-order valence-corrected chi connectivity index (χ2v) is 12.5. The predicted molar refractivity (Wildman–Crippen MR) is 178 cm³/mol. The van der Waals surface area contributed by atoms with Crippen molar-refractivity contribution < 1.29 is 30.0 Å². The van der Waals surface area contributed by atoms with Crippen LogP contribution in [0.5, 0.6) is 0 Å². The Bertz CT molecular complexity index is 512. The van der Waals surface area contributed by atoms with Crippen LogP contribution in [0.3, 0.4) is 0 Å². The summed E-state index contributed by atoms with van der Waals surface area (Å²) < 4.78 is 0. The number of carbonyl (C=O) groups excluding carboxylic acids is 2. The average Bonchev–Trinajstić information content (AvgIpc) is 2.95. The molecule has 2 atom stereocenters. The van der Waals surface area contributed by atoms with Gasteiger partial charge in [0.05, 0.1) is 12.2 Å². The van der Waals surface area contributed by atoms with Gasteiger partial charge in [-0.1, -0.05) is 155 Å². The van der Waals surface area contributed by atoms with E-state index in [1.165, 1.54) is 116 Å². The summed E-state index contributed by atoms with van der Waals surface area (Å²) in [7, 11) is 0. The molecule has 0 aromatic rings. The molecule has 252 valence electrons. The van der Waals surface area contributed by atoms with Crippen molar-refractivity contribution in [2.45, 2.75) is 219 Å². The number of hydrogen-bond donors (Lipinski definition) is 2. The molecule has 0 rings (SSSR count). The maximum atomic E-state index is 10.2. The summed E-state index contributed by atoms with van der Waals surface area (Å²) in [5, 5.41) is 40.0. The number of carboxylic acid groups (broad SMARTS) is 2. The monoisotopic (exact) mass is 638 g/mol. The van der Waals surface area contributed by atoms with E-state index in [-0.39, 0.29) is 62.8 Å². The van der Waals surface area contributed by atoms with Gasteiger partial charge in [0.25, 0.3) is 0 Å². The van der Waals surface area contributed by atoms with Gasteiger partial charge in [-0.25, -0.2) is 0 Å². The molecule has 7 heteroatoms. The molecule has 0 spiro atoms. The summed E-state index contributed by atoms with van der Waals surface area (Å²) in [6, 6.07) is 0. The summed E-state index contributed by atoms with van der Waals surface area (Å²) in [6.07, 6.45) is 32.0. The van der Waals surface area contributed by atoms with E-state index in [9.17, 15) is 30.0 Å². The number of unbranched alkanes of at least 4 members (excludes halogenated alkanes) is 20. The van der Waals surface area contributed by atoms with Crippen LogP contribution in [0.25, 0.3) is 0 Å². The van der Waals surface area contributed by atoms with Crippen LogP contribution in [-0.2, 0) is 9.59 Å². The molecule has 43 heavy (non-hydrogen) atoms. The first-order chi connectivity index (χ1) is 20.3. The first kappa shape index (κ1) is 47.5. The van der Waals surface area contributed by atoms with Crippen molar-refractivity contribution in [2.24, 2.45) is 0 Å². The third-order valence-corrected chi connectivity index (χ3v) is 8.12. The van der Waals surface area contributed by atoms with Gasteiger partial charge in [-0.05, 0) is 51.4 Å². The fourth-order valence-corrected chi connectivity index (χ4v) is 5.32. The number of hydrogen-bond acceptors (Lipinski definition) is 6. The molecule has 0 radical (unpaired) electrons. The first-order valence-electron chi connectivity index (χ1n) is 18.1. The summed E-state index contributed by atoms with van der Waals surface area (Å²) in [5.41, 5.74) is 0. The molecule has 0 heterocycles. The molecule has 2 N–H and O–H groups in total. The fourth-order valence-electron chi connectivity index (χ4n) is 5.32. The molecule has 0 bridgehead atoms. The quantitative estimate of drug-likeness (QED) is 0.0580. The van der Waals surface area contributed by atoms with Crippen molar-refractivity contribution in [3.8, 4) is 0 Å². The summed E-state index contributed by atoms with van der Waals surface area (Å²) in [4.78, 5) is 20.5. The van der Waals surface area contributed by atoms with Crippen LogP contribution >= 0.6 is 0 Å². The van der Waals surface area contributed by atoms with E-state index in [0.717, 1.165) is 51.4 Å². The van der Waals surface area contributed by atoms with E-state index in [0.29, 0.717) is 12.8 Å². The molecule has 0 fully saturated rings. The van der Waals surface area contributed by atoms with Gasteiger partial charge in [0.1, 0.15) is 0 Å². The van der Waals surface area contributed by atoms with Gasteiger partial charge < -0.3 is 30.0 Å². The number of rotatable bonds is 32. The van der Waals surface area contributed by atoms with E-state index in [4.69, 9.17) is 0 Å². The van der Waals surface area contributed by atoms with Crippen LogP contribution in [-0.4, -0.2) is 72.1 Å². The Morgan fingerprint density at radius 1 is 0.419 bits per heavy atom. The van der Waals surface area contributed by atoms with E-state index < -0.39 is 11.9 Å². The largest absolute Gasteiger partial charge is 2.00 e. The number of aliphatic hydroxyl groups is 2. The van der Waals surface area contributed by atoms with Crippen LogP contribution in [0.2, 0.25) is 0 Å². The maximum Gasteiger partial charge on any atom is 2.00 e. The van der Waals surface area contributed by atoms with Crippen LogP contribution in [0.4, 0.5) is 0 Å². The molecule has 0 aromatic carbocycles. The molecule has 0 saturated heterocycles. The van der Waals surface area contributed by atoms with Gasteiger partial charge in [0.2, 0.25) is 0 Å². The van der Waals surface area contributed by atoms with E-state index in [2.05, 4.69) is 13.8 Å². The minimum atomic E-state index is -0.987. The normalized spacial score (nSPS) is 12.2. The van der Waals surface area contributed by atoms with Crippen molar-refractivity contribution in [2.75, 3.05) is 0 Å². The topological polar surface area (TPSA) is 121 Å². The standard InChI is InChI=1S/2C18H36O3.Ca/c2*1-2-3-4-5-6-7-8-9-10-11-14-17(19)15-12-13-16-18(20)21;/h2*17,19H,2-16H2,1H3,(H,20,21);/q;;+2/p-2. The SMILES string of the molecule is CCCCCCCCCCCCC(O)CCCCC(=O)[O-].CCCCCCCCCCCCC(O)CCCCC(=O)[O-].[Ca+2]. The zero-order valence-corrected chi connectivity index (χ0v) is 30.8. The summed E-state index contributed by atoms with van der Waals surface area (Å²) >= 11 is 0. The van der Waals surface area contributed by atoms with Crippen molar-refractivity contribution >= 4 is 49.7 Å². The number of aliphatic carboxylic acids is 2. The molecule has 0 aromatic heterocycles. The Hall–Kier alpha value is 0.120. The van der Waals surface area contributed by atoms with Crippen molar-refractivity contribution in [1.82, 2.24) is 0 Å². The third-order valence-electron chi connectivity index (χ3n) is 8.12. The Morgan fingerprint density at radius 2 is 0.628 bits per heavy atom. The first-order valence-corrected chi connectivity index (χ1v) is 18.1. The number of aliphatic hydroxyl groups excluding tert-OH is 2. The molecule has 0 saturated carbocycles. The Morgan fingerprint density at radius 3 is 0.860 bits per heavy atom. The Balaban J connectivity index is -0.000000727. The predicted octanol–water partition coefficient (Wildman–Crippen LogP) is 7.56. The molecule has 2 unspecified atom stereocenters. The molecule has 6 nitrogen and oxygen atoms in total. The molecule has 0 aliphatic rings. The van der Waals surface area contributed by atoms with Gasteiger partial charge in [-0.15, -0.1) is 0 Å². The number of carbonyl (C=O) groups is 2. The average molecular weight is 639 g/mol. The molecule has 0 aliphatic heterocycles. The van der Waals surface area contributed by atoms with Gasteiger partial charge in [0, 0.05) is 11.9 Å². The van der Waals surface area contributed by atoms with Gasteiger partial charge in [-0.2, -0.15) is 0 Å². The number of carboxylic acids is 2. The van der Waals surface area contributed by atoms with E-state index in [1.807, 2.05) is 0 Å². The Labute approximate surface area is 296 Å².